The van der Waals surface area contributed by atoms with Crippen LogP contribution in [-0.2, 0) is 0 Å². The van der Waals surface area contributed by atoms with Crippen molar-refractivity contribution in [3.8, 4) is 0 Å². The van der Waals surface area contributed by atoms with Crippen molar-refractivity contribution in [2.75, 3.05) is 6.54 Å². The van der Waals surface area contributed by atoms with Gasteiger partial charge in [0.2, 0.25) is 0 Å². The molecule has 19 heavy (non-hydrogen) atoms. The summed E-state index contributed by atoms with van der Waals surface area (Å²) < 4.78 is 4.80. The molecule has 0 bridgehead atoms. The number of rotatable bonds is 4. The van der Waals surface area contributed by atoms with E-state index in [1.165, 1.54) is 6.07 Å². The first kappa shape index (κ1) is 13.6. The number of hydrogen-bond donors (Lipinski definition) is 2. The molecule has 1 aromatic heterocycles. The first-order chi connectivity index (χ1) is 9.08. The van der Waals surface area contributed by atoms with Crippen molar-refractivity contribution in [3.63, 3.8) is 0 Å². The summed E-state index contributed by atoms with van der Waals surface area (Å²) in [6.45, 7) is 1.75. The third-order valence-electron chi connectivity index (χ3n) is 2.58. The highest BCUT2D eigenvalue weighted by Crippen LogP contribution is 2.21. The molecule has 100 valence electrons. The second kappa shape index (κ2) is 5.86. The number of aromatic nitrogens is 1. The van der Waals surface area contributed by atoms with Gasteiger partial charge in [0.05, 0.1) is 6.10 Å². The largest absolute Gasteiger partial charge is 0.387 e. The summed E-state index contributed by atoms with van der Waals surface area (Å²) in [6, 6.07) is 8.46. The molecular weight excluding hydrogens is 268 g/mol. The summed E-state index contributed by atoms with van der Waals surface area (Å²) in [4.78, 5) is 11.7. The number of nitrogens with one attached hydrogen (secondary N) is 1. The van der Waals surface area contributed by atoms with E-state index in [1.807, 2.05) is 0 Å². The normalized spacial score (nSPS) is 12.2. The molecule has 0 saturated heterocycles. The van der Waals surface area contributed by atoms with Crippen molar-refractivity contribution < 1.29 is 14.4 Å². The van der Waals surface area contributed by atoms with E-state index in [2.05, 4.69) is 10.5 Å². The molecular formula is C13H13ClN2O3. The number of aryl methyl sites for hydroxylation is 1. The van der Waals surface area contributed by atoms with E-state index >= 15 is 0 Å². The predicted molar refractivity (Wildman–Crippen MR) is 70.0 cm³/mol. The minimum absolute atomic E-state index is 0.0501. The van der Waals surface area contributed by atoms with Crippen LogP contribution in [0.25, 0.3) is 0 Å². The van der Waals surface area contributed by atoms with Crippen molar-refractivity contribution in [1.29, 1.82) is 0 Å². The van der Waals surface area contributed by atoms with Crippen LogP contribution in [0.3, 0.4) is 0 Å². The molecule has 0 aliphatic rings. The number of aliphatic hydroxyl groups excluding tert-OH is 1. The van der Waals surface area contributed by atoms with Crippen LogP contribution < -0.4 is 5.32 Å². The van der Waals surface area contributed by atoms with Gasteiger partial charge in [-0.3, -0.25) is 4.79 Å². The minimum Gasteiger partial charge on any atom is -0.387 e. The molecule has 6 heteroatoms. The number of carbonyl (C=O) groups is 1. The maximum atomic E-state index is 11.7. The minimum atomic E-state index is -0.870. The molecule has 0 saturated carbocycles. The number of nitrogens with zero attached hydrogens (tertiary/aromatic N) is 1. The van der Waals surface area contributed by atoms with Crippen molar-refractivity contribution in [2.45, 2.75) is 13.0 Å². The number of amides is 1. The molecule has 0 unspecified atom stereocenters. The van der Waals surface area contributed by atoms with Crippen LogP contribution in [0.4, 0.5) is 0 Å². The zero-order valence-corrected chi connectivity index (χ0v) is 11.0. The lowest BCUT2D eigenvalue weighted by molar-refractivity contribution is 0.0907. The standard InChI is InChI=1S/C13H13ClN2O3/c1-8-6-11(16-19-8)13(18)15-7-12(17)9-4-2-3-5-10(9)14/h2-6,12,17H,7H2,1H3,(H,15,18)/t12-/m0/s1. The molecule has 0 radical (unpaired) electrons. The Balaban J connectivity index is 1.96. The smallest absolute Gasteiger partial charge is 0.273 e. The van der Waals surface area contributed by atoms with Gasteiger partial charge in [0.1, 0.15) is 5.76 Å². The summed E-state index contributed by atoms with van der Waals surface area (Å²) in [5.74, 6) is 0.153. The maximum absolute atomic E-state index is 11.7. The zero-order chi connectivity index (χ0) is 13.8. The molecule has 1 atom stereocenters. The Kier molecular flexibility index (Phi) is 4.19. The first-order valence-electron chi connectivity index (χ1n) is 5.72. The van der Waals surface area contributed by atoms with Gasteiger partial charge in [-0.25, -0.2) is 0 Å². The van der Waals surface area contributed by atoms with Crippen LogP contribution in [0.15, 0.2) is 34.9 Å². The van der Waals surface area contributed by atoms with Crippen molar-refractivity contribution in [1.82, 2.24) is 10.5 Å². The van der Waals surface area contributed by atoms with Gasteiger partial charge in [-0.15, -0.1) is 0 Å². The number of carbonyl (C=O) groups excluding carboxylic acids is 1. The summed E-state index contributed by atoms with van der Waals surface area (Å²) >= 11 is 5.95. The summed E-state index contributed by atoms with van der Waals surface area (Å²) in [5, 5.41) is 16.6. The van der Waals surface area contributed by atoms with E-state index in [9.17, 15) is 9.90 Å². The van der Waals surface area contributed by atoms with E-state index < -0.39 is 12.0 Å². The Morgan fingerprint density at radius 3 is 2.89 bits per heavy atom. The number of hydrogen-bond acceptors (Lipinski definition) is 4. The van der Waals surface area contributed by atoms with Crippen LogP contribution in [0.2, 0.25) is 5.02 Å². The average molecular weight is 281 g/mol. The molecule has 1 aromatic carbocycles. The molecule has 1 heterocycles. The Morgan fingerprint density at radius 1 is 1.53 bits per heavy atom. The van der Waals surface area contributed by atoms with Gasteiger partial charge in [0.15, 0.2) is 5.69 Å². The molecule has 0 spiro atoms. The second-order valence-corrected chi connectivity index (χ2v) is 4.48. The molecule has 0 aliphatic heterocycles. The van der Waals surface area contributed by atoms with E-state index in [0.29, 0.717) is 16.3 Å². The molecule has 0 fully saturated rings. The highest BCUT2D eigenvalue weighted by atomic mass is 35.5. The van der Waals surface area contributed by atoms with E-state index in [0.717, 1.165) is 0 Å². The van der Waals surface area contributed by atoms with Gasteiger partial charge < -0.3 is 14.9 Å². The van der Waals surface area contributed by atoms with Crippen LogP contribution in [0, 0.1) is 6.92 Å². The summed E-state index contributed by atoms with van der Waals surface area (Å²) in [7, 11) is 0. The third kappa shape index (κ3) is 3.33. The van der Waals surface area contributed by atoms with Gasteiger partial charge in [0, 0.05) is 23.2 Å². The fourth-order valence-corrected chi connectivity index (χ4v) is 1.87. The lowest BCUT2D eigenvalue weighted by Gasteiger charge is -2.12. The summed E-state index contributed by atoms with van der Waals surface area (Å²) in [6.07, 6.45) is -0.870. The lowest BCUT2D eigenvalue weighted by Crippen LogP contribution is -2.28. The molecule has 1 amide bonds. The SMILES string of the molecule is Cc1cc(C(=O)NC[C@H](O)c2ccccc2Cl)no1. The van der Waals surface area contributed by atoms with Crippen LogP contribution >= 0.6 is 11.6 Å². The quantitative estimate of drug-likeness (QED) is 0.899. The van der Waals surface area contributed by atoms with Crippen molar-refractivity contribution in [3.05, 3.63) is 52.4 Å². The molecule has 2 aromatic rings. The van der Waals surface area contributed by atoms with Crippen LogP contribution in [0.5, 0.6) is 0 Å². The van der Waals surface area contributed by atoms with Crippen LogP contribution in [-0.4, -0.2) is 22.7 Å². The van der Waals surface area contributed by atoms with Gasteiger partial charge in [0.25, 0.3) is 5.91 Å². The Hall–Kier alpha value is -1.85. The number of aliphatic hydroxyl groups is 1. The van der Waals surface area contributed by atoms with E-state index in [-0.39, 0.29) is 12.2 Å². The van der Waals surface area contributed by atoms with Gasteiger partial charge >= 0.3 is 0 Å². The van der Waals surface area contributed by atoms with Crippen molar-refractivity contribution >= 4 is 17.5 Å². The van der Waals surface area contributed by atoms with Gasteiger partial charge in [-0.05, 0) is 13.0 Å². The number of halogens is 1. The summed E-state index contributed by atoms with van der Waals surface area (Å²) in [5.41, 5.74) is 0.754. The lowest BCUT2D eigenvalue weighted by atomic mass is 10.1. The highest BCUT2D eigenvalue weighted by Gasteiger charge is 2.15. The fraction of sp³-hybridized carbons (Fsp3) is 0.231. The monoisotopic (exact) mass is 280 g/mol. The highest BCUT2D eigenvalue weighted by molar-refractivity contribution is 6.31. The van der Waals surface area contributed by atoms with Crippen molar-refractivity contribution in [2.24, 2.45) is 0 Å². The molecule has 2 rings (SSSR count). The average Bonchev–Trinajstić information content (AvgIpc) is 2.83. The van der Waals surface area contributed by atoms with E-state index in [4.69, 9.17) is 16.1 Å². The number of benzene rings is 1. The fourth-order valence-electron chi connectivity index (χ4n) is 1.61. The first-order valence-corrected chi connectivity index (χ1v) is 6.09. The molecule has 2 N–H and O–H groups in total. The van der Waals surface area contributed by atoms with Crippen LogP contribution in [0.1, 0.15) is 27.9 Å². The zero-order valence-electron chi connectivity index (χ0n) is 10.3. The maximum Gasteiger partial charge on any atom is 0.273 e. The predicted octanol–water partition coefficient (Wildman–Crippen LogP) is 2.10. The Labute approximate surface area is 115 Å². The van der Waals surface area contributed by atoms with E-state index in [1.54, 1.807) is 31.2 Å². The third-order valence-corrected chi connectivity index (χ3v) is 2.93. The topological polar surface area (TPSA) is 75.4 Å². The Morgan fingerprint density at radius 2 is 2.26 bits per heavy atom. The van der Waals surface area contributed by atoms with Gasteiger partial charge in [-0.1, -0.05) is 35.0 Å². The molecule has 5 nitrogen and oxygen atoms in total. The van der Waals surface area contributed by atoms with Gasteiger partial charge in [-0.2, -0.15) is 0 Å². The Bertz CT molecular complexity index is 583. The second-order valence-electron chi connectivity index (χ2n) is 4.07. The molecule has 0 aliphatic carbocycles.